The number of halogens is 3. The zero-order valence-corrected chi connectivity index (χ0v) is 15.4. The van der Waals surface area contributed by atoms with Gasteiger partial charge in [-0.15, -0.1) is 0 Å². The van der Waals surface area contributed by atoms with Gasteiger partial charge in [0.2, 0.25) is 0 Å². The summed E-state index contributed by atoms with van der Waals surface area (Å²) in [5, 5.41) is 2.71. The molecule has 1 amide bonds. The molecule has 5 nitrogen and oxygen atoms in total. The van der Waals surface area contributed by atoms with E-state index >= 15 is 0 Å². The van der Waals surface area contributed by atoms with Crippen molar-refractivity contribution in [1.82, 2.24) is 9.97 Å². The molecular weight excluding hydrogens is 389 g/mol. The quantitative estimate of drug-likeness (QED) is 0.574. The third kappa shape index (κ3) is 5.23. The van der Waals surface area contributed by atoms with Crippen LogP contribution < -0.4 is 10.0 Å². The molecule has 0 unspecified atom stereocenters. The third-order valence-electron chi connectivity index (χ3n) is 3.58. The standard InChI is InChI=1S/C19H15F3N4OS/c1-12-10-24-17(11-23-12)18(27)25-14-5-3-7-16(9-14)28-26-15-6-2-4-13(8-15)19(20,21)22/h2-11,26H,1H3,(H,25,27). The summed E-state index contributed by atoms with van der Waals surface area (Å²) < 4.78 is 41.2. The van der Waals surface area contributed by atoms with Gasteiger partial charge >= 0.3 is 6.18 Å². The molecule has 2 N–H and O–H groups in total. The first-order valence-electron chi connectivity index (χ1n) is 8.11. The van der Waals surface area contributed by atoms with E-state index in [0.717, 1.165) is 24.1 Å². The van der Waals surface area contributed by atoms with Crippen LogP contribution in [-0.2, 0) is 6.18 Å². The molecular formula is C19H15F3N4OS. The fraction of sp³-hybridized carbons (Fsp3) is 0.105. The third-order valence-corrected chi connectivity index (χ3v) is 4.41. The Morgan fingerprint density at radius 1 is 1.00 bits per heavy atom. The van der Waals surface area contributed by atoms with E-state index in [1.807, 2.05) is 0 Å². The Labute approximate surface area is 163 Å². The largest absolute Gasteiger partial charge is 0.416 e. The average Bonchev–Trinajstić information content (AvgIpc) is 2.67. The lowest BCUT2D eigenvalue weighted by Crippen LogP contribution is -2.14. The van der Waals surface area contributed by atoms with Crippen LogP contribution in [0.5, 0.6) is 0 Å². The van der Waals surface area contributed by atoms with Gasteiger partial charge in [-0.3, -0.25) is 9.78 Å². The molecule has 0 saturated carbocycles. The number of nitrogens with zero attached hydrogens (tertiary/aromatic N) is 2. The number of carbonyl (C=O) groups excluding carboxylic acids is 1. The van der Waals surface area contributed by atoms with Crippen molar-refractivity contribution in [3.05, 3.63) is 77.9 Å². The first-order valence-corrected chi connectivity index (χ1v) is 8.93. The number of carbonyl (C=O) groups is 1. The highest BCUT2D eigenvalue weighted by molar-refractivity contribution is 8.00. The van der Waals surface area contributed by atoms with E-state index < -0.39 is 17.6 Å². The van der Waals surface area contributed by atoms with Gasteiger partial charge < -0.3 is 10.0 Å². The van der Waals surface area contributed by atoms with Crippen molar-refractivity contribution in [2.45, 2.75) is 18.0 Å². The number of rotatable bonds is 5. The number of hydrogen-bond donors (Lipinski definition) is 2. The highest BCUT2D eigenvalue weighted by Gasteiger charge is 2.30. The SMILES string of the molecule is Cc1cnc(C(=O)Nc2cccc(SNc3cccc(C(F)(F)F)c3)c2)cn1. The molecule has 9 heteroatoms. The summed E-state index contributed by atoms with van der Waals surface area (Å²) in [7, 11) is 0. The summed E-state index contributed by atoms with van der Waals surface area (Å²) in [5.74, 6) is -0.402. The van der Waals surface area contributed by atoms with Crippen molar-refractivity contribution in [3.63, 3.8) is 0 Å². The van der Waals surface area contributed by atoms with Gasteiger partial charge in [-0.2, -0.15) is 13.2 Å². The lowest BCUT2D eigenvalue weighted by Gasteiger charge is -2.11. The monoisotopic (exact) mass is 404 g/mol. The van der Waals surface area contributed by atoms with Gasteiger partial charge in [0.05, 0.1) is 17.5 Å². The molecule has 144 valence electrons. The number of amides is 1. The van der Waals surface area contributed by atoms with E-state index in [2.05, 4.69) is 20.0 Å². The predicted octanol–water partition coefficient (Wildman–Crippen LogP) is 5.18. The Morgan fingerprint density at radius 3 is 2.46 bits per heavy atom. The van der Waals surface area contributed by atoms with E-state index in [4.69, 9.17) is 0 Å². The van der Waals surface area contributed by atoms with Crippen LogP contribution in [0.15, 0.2) is 65.8 Å². The van der Waals surface area contributed by atoms with E-state index in [0.29, 0.717) is 22.0 Å². The Kier molecular flexibility index (Phi) is 5.84. The van der Waals surface area contributed by atoms with Crippen LogP contribution in [0.4, 0.5) is 24.5 Å². The zero-order valence-electron chi connectivity index (χ0n) is 14.6. The average molecular weight is 404 g/mol. The number of aromatic nitrogens is 2. The molecule has 0 fully saturated rings. The van der Waals surface area contributed by atoms with Crippen LogP contribution in [0.1, 0.15) is 21.7 Å². The molecule has 3 aromatic rings. The number of aryl methyl sites for hydroxylation is 1. The van der Waals surface area contributed by atoms with Gasteiger partial charge in [0.15, 0.2) is 0 Å². The summed E-state index contributed by atoms with van der Waals surface area (Å²) in [5.41, 5.74) is 1.02. The minimum atomic E-state index is -4.40. The first kappa shape index (κ1) is 19.7. The Bertz CT molecular complexity index is 977. The van der Waals surface area contributed by atoms with E-state index in [-0.39, 0.29) is 5.69 Å². The van der Waals surface area contributed by atoms with Crippen molar-refractivity contribution in [1.29, 1.82) is 0 Å². The first-order chi connectivity index (χ1) is 13.3. The smallest absolute Gasteiger partial charge is 0.326 e. The zero-order chi connectivity index (χ0) is 20.1. The molecule has 1 heterocycles. The molecule has 0 atom stereocenters. The van der Waals surface area contributed by atoms with Crippen molar-refractivity contribution in [2.24, 2.45) is 0 Å². The number of nitrogens with one attached hydrogen (secondary N) is 2. The summed E-state index contributed by atoms with van der Waals surface area (Å²) in [6.45, 7) is 1.77. The minimum Gasteiger partial charge on any atom is -0.326 e. The fourth-order valence-electron chi connectivity index (χ4n) is 2.22. The molecule has 0 aliphatic carbocycles. The Hall–Kier alpha value is -3.07. The Morgan fingerprint density at radius 2 is 1.75 bits per heavy atom. The van der Waals surface area contributed by atoms with E-state index in [9.17, 15) is 18.0 Å². The van der Waals surface area contributed by atoms with Crippen LogP contribution in [0.2, 0.25) is 0 Å². The Balaban J connectivity index is 1.65. The molecule has 0 bridgehead atoms. The fourth-order valence-corrected chi connectivity index (χ4v) is 2.91. The summed E-state index contributed by atoms with van der Waals surface area (Å²) in [6, 6.07) is 11.8. The summed E-state index contributed by atoms with van der Waals surface area (Å²) >= 11 is 1.14. The maximum absolute atomic E-state index is 12.8. The normalized spacial score (nSPS) is 11.1. The number of alkyl halides is 3. The molecule has 0 aliphatic rings. The van der Waals surface area contributed by atoms with Crippen molar-refractivity contribution < 1.29 is 18.0 Å². The van der Waals surface area contributed by atoms with Crippen LogP contribution in [0, 0.1) is 6.92 Å². The molecule has 0 spiro atoms. The maximum Gasteiger partial charge on any atom is 0.416 e. The van der Waals surface area contributed by atoms with Crippen molar-refractivity contribution in [2.75, 3.05) is 10.0 Å². The van der Waals surface area contributed by atoms with Gasteiger partial charge in [0, 0.05) is 22.5 Å². The maximum atomic E-state index is 12.8. The molecule has 28 heavy (non-hydrogen) atoms. The molecule has 1 aromatic heterocycles. The van der Waals surface area contributed by atoms with Gasteiger partial charge in [-0.05, 0) is 55.3 Å². The predicted molar refractivity (Wildman–Crippen MR) is 102 cm³/mol. The number of benzene rings is 2. The van der Waals surface area contributed by atoms with Crippen LogP contribution in [0.25, 0.3) is 0 Å². The number of hydrogen-bond acceptors (Lipinski definition) is 5. The summed E-state index contributed by atoms with van der Waals surface area (Å²) in [6.07, 6.45) is -1.51. The molecule has 0 radical (unpaired) electrons. The molecule has 0 saturated heterocycles. The lowest BCUT2D eigenvalue weighted by molar-refractivity contribution is -0.137. The molecule has 0 aliphatic heterocycles. The van der Waals surface area contributed by atoms with Crippen LogP contribution >= 0.6 is 11.9 Å². The molecule has 3 rings (SSSR count). The van der Waals surface area contributed by atoms with Crippen molar-refractivity contribution >= 4 is 29.2 Å². The van der Waals surface area contributed by atoms with Gasteiger partial charge in [-0.25, -0.2) is 4.98 Å². The van der Waals surface area contributed by atoms with Crippen LogP contribution in [0.3, 0.4) is 0 Å². The minimum absolute atomic E-state index is 0.186. The number of anilines is 2. The van der Waals surface area contributed by atoms with Crippen molar-refractivity contribution in [3.8, 4) is 0 Å². The van der Waals surface area contributed by atoms with Gasteiger partial charge in [-0.1, -0.05) is 12.1 Å². The lowest BCUT2D eigenvalue weighted by atomic mass is 10.2. The topological polar surface area (TPSA) is 66.9 Å². The van der Waals surface area contributed by atoms with Gasteiger partial charge in [0.25, 0.3) is 5.91 Å². The second kappa shape index (κ2) is 8.30. The van der Waals surface area contributed by atoms with Crippen LogP contribution in [-0.4, -0.2) is 15.9 Å². The highest BCUT2D eigenvalue weighted by atomic mass is 32.2. The highest BCUT2D eigenvalue weighted by Crippen LogP contribution is 2.32. The van der Waals surface area contributed by atoms with E-state index in [1.54, 1.807) is 37.3 Å². The second-order valence-electron chi connectivity index (χ2n) is 5.81. The molecule has 2 aromatic carbocycles. The van der Waals surface area contributed by atoms with E-state index in [1.165, 1.54) is 18.5 Å². The van der Waals surface area contributed by atoms with Gasteiger partial charge in [0.1, 0.15) is 5.69 Å². The summed E-state index contributed by atoms with van der Waals surface area (Å²) in [4.78, 5) is 21.0. The second-order valence-corrected chi connectivity index (χ2v) is 6.69.